The van der Waals surface area contributed by atoms with Crippen molar-refractivity contribution in [3.05, 3.63) is 35.4 Å². The Bertz CT molecular complexity index is 349. The monoisotopic (exact) mass is 251 g/mol. The smallest absolute Gasteiger partial charge is 0.251 e. The van der Waals surface area contributed by atoms with E-state index in [1.54, 1.807) is 0 Å². The zero-order chi connectivity index (χ0) is 13.2. The van der Waals surface area contributed by atoms with E-state index < -0.39 is 0 Å². The molecule has 0 atom stereocenters. The van der Waals surface area contributed by atoms with Crippen molar-refractivity contribution in [2.75, 3.05) is 33.0 Å². The van der Waals surface area contributed by atoms with Crippen LogP contribution in [0.4, 0.5) is 0 Å². The van der Waals surface area contributed by atoms with Crippen molar-refractivity contribution in [3.8, 4) is 0 Å². The average Bonchev–Trinajstić information content (AvgIpc) is 2.38. The molecule has 0 bridgehead atoms. The van der Waals surface area contributed by atoms with Crippen molar-refractivity contribution >= 4 is 5.91 Å². The van der Waals surface area contributed by atoms with Gasteiger partial charge < -0.3 is 14.8 Å². The molecule has 1 aromatic carbocycles. The van der Waals surface area contributed by atoms with Crippen molar-refractivity contribution < 1.29 is 14.3 Å². The maximum atomic E-state index is 11.7. The number of hydrogen-bond acceptors (Lipinski definition) is 3. The van der Waals surface area contributed by atoms with E-state index in [4.69, 9.17) is 9.47 Å². The molecule has 0 fully saturated rings. The highest BCUT2D eigenvalue weighted by Crippen LogP contribution is 2.02. The van der Waals surface area contributed by atoms with Crippen LogP contribution >= 0.6 is 0 Å². The van der Waals surface area contributed by atoms with E-state index in [1.807, 2.05) is 38.1 Å². The molecule has 0 aliphatic rings. The van der Waals surface area contributed by atoms with Crippen molar-refractivity contribution in [2.45, 2.75) is 13.8 Å². The van der Waals surface area contributed by atoms with E-state index in [-0.39, 0.29) is 5.91 Å². The van der Waals surface area contributed by atoms with Crippen molar-refractivity contribution in [2.24, 2.45) is 0 Å². The summed E-state index contributed by atoms with van der Waals surface area (Å²) in [4.78, 5) is 11.7. The van der Waals surface area contributed by atoms with Gasteiger partial charge in [0.05, 0.1) is 19.8 Å². The third-order valence-electron chi connectivity index (χ3n) is 2.42. The van der Waals surface area contributed by atoms with Gasteiger partial charge in [-0.05, 0) is 26.0 Å². The predicted octanol–water partition coefficient (Wildman–Crippen LogP) is 1.78. The topological polar surface area (TPSA) is 47.6 Å². The van der Waals surface area contributed by atoms with Crippen LogP contribution in [0, 0.1) is 6.92 Å². The summed E-state index contributed by atoms with van der Waals surface area (Å²) in [6.07, 6.45) is 0. The van der Waals surface area contributed by atoms with Crippen LogP contribution in [0.1, 0.15) is 22.8 Å². The number of aryl methyl sites for hydroxylation is 1. The van der Waals surface area contributed by atoms with E-state index in [0.29, 0.717) is 38.5 Å². The lowest BCUT2D eigenvalue weighted by Crippen LogP contribution is -2.27. The molecule has 1 amide bonds. The van der Waals surface area contributed by atoms with E-state index in [0.717, 1.165) is 5.56 Å². The highest BCUT2D eigenvalue weighted by molar-refractivity contribution is 5.94. The molecule has 0 unspecified atom stereocenters. The number of ether oxygens (including phenoxy) is 2. The number of carbonyl (C=O) groups is 1. The molecule has 0 aliphatic heterocycles. The van der Waals surface area contributed by atoms with Gasteiger partial charge >= 0.3 is 0 Å². The lowest BCUT2D eigenvalue weighted by atomic mass is 10.1. The number of rotatable bonds is 8. The molecule has 0 aromatic heterocycles. The minimum atomic E-state index is -0.0663. The Morgan fingerprint density at radius 3 is 2.44 bits per heavy atom. The van der Waals surface area contributed by atoms with E-state index >= 15 is 0 Å². The van der Waals surface area contributed by atoms with Gasteiger partial charge in [0, 0.05) is 18.7 Å². The fourth-order valence-electron chi connectivity index (χ4n) is 1.41. The number of amides is 1. The second kappa shape index (κ2) is 8.66. The summed E-state index contributed by atoms with van der Waals surface area (Å²) in [5, 5.41) is 2.80. The van der Waals surface area contributed by atoms with Gasteiger partial charge in [0.25, 0.3) is 5.91 Å². The third-order valence-corrected chi connectivity index (χ3v) is 2.42. The quantitative estimate of drug-likeness (QED) is 0.716. The first-order chi connectivity index (χ1) is 8.74. The molecule has 100 valence electrons. The van der Waals surface area contributed by atoms with E-state index in [2.05, 4.69) is 5.32 Å². The first kappa shape index (κ1) is 14.7. The van der Waals surface area contributed by atoms with Crippen LogP contribution in [0.25, 0.3) is 0 Å². The normalized spacial score (nSPS) is 10.3. The van der Waals surface area contributed by atoms with Crippen LogP contribution in [-0.2, 0) is 9.47 Å². The minimum absolute atomic E-state index is 0.0663. The molecule has 1 rings (SSSR count). The predicted molar refractivity (Wildman–Crippen MR) is 70.8 cm³/mol. The highest BCUT2D eigenvalue weighted by atomic mass is 16.5. The van der Waals surface area contributed by atoms with Crippen LogP contribution < -0.4 is 5.32 Å². The van der Waals surface area contributed by atoms with Crippen molar-refractivity contribution in [1.29, 1.82) is 0 Å². The first-order valence-corrected chi connectivity index (χ1v) is 6.24. The maximum Gasteiger partial charge on any atom is 0.251 e. The van der Waals surface area contributed by atoms with Crippen LogP contribution in [0.2, 0.25) is 0 Å². The Labute approximate surface area is 108 Å². The minimum Gasteiger partial charge on any atom is -0.379 e. The van der Waals surface area contributed by atoms with Gasteiger partial charge in [0.1, 0.15) is 0 Å². The summed E-state index contributed by atoms with van der Waals surface area (Å²) in [5.74, 6) is -0.0663. The van der Waals surface area contributed by atoms with E-state index in [9.17, 15) is 4.79 Å². The Hall–Kier alpha value is -1.39. The number of nitrogens with one attached hydrogen (secondary N) is 1. The second-order valence-corrected chi connectivity index (χ2v) is 3.93. The summed E-state index contributed by atoms with van der Waals surface area (Å²) in [6.45, 7) is 6.82. The molecule has 0 saturated carbocycles. The summed E-state index contributed by atoms with van der Waals surface area (Å²) >= 11 is 0. The lowest BCUT2D eigenvalue weighted by Gasteiger charge is -2.06. The average molecular weight is 251 g/mol. The van der Waals surface area contributed by atoms with Crippen LogP contribution in [0.15, 0.2) is 24.3 Å². The SMILES string of the molecule is CCOCCOCCNC(=O)c1ccc(C)cc1. The number of hydrogen-bond donors (Lipinski definition) is 1. The lowest BCUT2D eigenvalue weighted by molar-refractivity contribution is 0.0531. The summed E-state index contributed by atoms with van der Waals surface area (Å²) in [7, 11) is 0. The standard InChI is InChI=1S/C14H21NO3/c1-3-17-10-11-18-9-8-15-14(16)13-6-4-12(2)5-7-13/h4-7H,3,8-11H2,1-2H3,(H,15,16). The molecule has 4 nitrogen and oxygen atoms in total. The molecule has 1 aromatic rings. The van der Waals surface area contributed by atoms with Crippen LogP contribution in [-0.4, -0.2) is 38.9 Å². The van der Waals surface area contributed by atoms with Gasteiger partial charge in [-0.3, -0.25) is 4.79 Å². The zero-order valence-corrected chi connectivity index (χ0v) is 11.1. The van der Waals surface area contributed by atoms with Crippen molar-refractivity contribution in [3.63, 3.8) is 0 Å². The van der Waals surface area contributed by atoms with Gasteiger partial charge in [-0.25, -0.2) is 0 Å². The second-order valence-electron chi connectivity index (χ2n) is 3.93. The molecule has 0 radical (unpaired) electrons. The summed E-state index contributed by atoms with van der Waals surface area (Å²) in [6, 6.07) is 7.49. The molecule has 0 saturated heterocycles. The van der Waals surface area contributed by atoms with Gasteiger partial charge in [0.2, 0.25) is 0 Å². The molecule has 0 aliphatic carbocycles. The first-order valence-electron chi connectivity index (χ1n) is 6.24. The molecule has 0 heterocycles. The fourth-order valence-corrected chi connectivity index (χ4v) is 1.41. The Morgan fingerprint density at radius 2 is 1.78 bits per heavy atom. The number of benzene rings is 1. The molecule has 0 spiro atoms. The Morgan fingerprint density at radius 1 is 1.11 bits per heavy atom. The molecular formula is C14H21NO3. The molecule has 4 heteroatoms. The third kappa shape index (κ3) is 5.80. The van der Waals surface area contributed by atoms with Crippen molar-refractivity contribution in [1.82, 2.24) is 5.32 Å². The van der Waals surface area contributed by atoms with Gasteiger partial charge in [0.15, 0.2) is 0 Å². The molecular weight excluding hydrogens is 230 g/mol. The van der Waals surface area contributed by atoms with Crippen LogP contribution in [0.3, 0.4) is 0 Å². The maximum absolute atomic E-state index is 11.7. The largest absolute Gasteiger partial charge is 0.379 e. The molecule has 1 N–H and O–H groups in total. The van der Waals surface area contributed by atoms with E-state index in [1.165, 1.54) is 0 Å². The molecule has 18 heavy (non-hydrogen) atoms. The summed E-state index contributed by atoms with van der Waals surface area (Å²) in [5.41, 5.74) is 1.82. The fraction of sp³-hybridized carbons (Fsp3) is 0.500. The van der Waals surface area contributed by atoms with Gasteiger partial charge in [-0.1, -0.05) is 17.7 Å². The highest BCUT2D eigenvalue weighted by Gasteiger charge is 2.03. The summed E-state index contributed by atoms with van der Waals surface area (Å²) < 4.78 is 10.4. The van der Waals surface area contributed by atoms with Crippen LogP contribution in [0.5, 0.6) is 0 Å². The Kier molecular flexibility index (Phi) is 7.06. The van der Waals surface area contributed by atoms with Gasteiger partial charge in [-0.15, -0.1) is 0 Å². The zero-order valence-electron chi connectivity index (χ0n) is 11.1. The number of carbonyl (C=O) groups excluding carboxylic acids is 1. The Balaban J connectivity index is 2.12. The van der Waals surface area contributed by atoms with Gasteiger partial charge in [-0.2, -0.15) is 0 Å².